The van der Waals surface area contributed by atoms with E-state index in [2.05, 4.69) is 0 Å². The molecule has 0 unspecified atom stereocenters. The zero-order chi connectivity index (χ0) is 11.7. The number of benzene rings is 1. The monoisotopic (exact) mass is 218 g/mol. The van der Waals surface area contributed by atoms with Gasteiger partial charge in [-0.25, -0.2) is 4.79 Å². The fraction of sp³-hybridized carbons (Fsp3) is 0.167. The normalized spacial score (nSPS) is 10.6. The van der Waals surface area contributed by atoms with Gasteiger partial charge in [0, 0.05) is 6.42 Å². The van der Waals surface area contributed by atoms with Crippen LogP contribution in [-0.2, 0) is 0 Å². The van der Waals surface area contributed by atoms with Crippen LogP contribution in [0.3, 0.4) is 0 Å². The average Bonchev–Trinajstić information content (AvgIpc) is 2.28. The van der Waals surface area contributed by atoms with Gasteiger partial charge in [0.25, 0.3) is 0 Å². The van der Waals surface area contributed by atoms with Gasteiger partial charge < -0.3 is 9.52 Å². The summed E-state index contributed by atoms with van der Waals surface area (Å²) in [5.41, 5.74) is -0.776. The zero-order valence-corrected chi connectivity index (χ0v) is 8.69. The smallest absolute Gasteiger partial charge is 0.351 e. The minimum absolute atomic E-state index is 0.149. The molecule has 0 radical (unpaired) electrons. The second-order valence-corrected chi connectivity index (χ2v) is 3.39. The van der Waals surface area contributed by atoms with Crippen molar-refractivity contribution in [2.24, 2.45) is 0 Å². The molecular formula is C12H10O4. The van der Waals surface area contributed by atoms with Crippen molar-refractivity contribution in [3.05, 3.63) is 40.2 Å². The van der Waals surface area contributed by atoms with Gasteiger partial charge in [-0.3, -0.25) is 4.79 Å². The summed E-state index contributed by atoms with van der Waals surface area (Å²) in [4.78, 5) is 23.0. The first-order valence-corrected chi connectivity index (χ1v) is 4.93. The molecule has 16 heavy (non-hydrogen) atoms. The lowest BCUT2D eigenvalue weighted by Crippen LogP contribution is -2.13. The Hall–Kier alpha value is -2.10. The summed E-state index contributed by atoms with van der Waals surface area (Å²) in [5, 5.41) is 10.2. The van der Waals surface area contributed by atoms with Gasteiger partial charge >= 0.3 is 5.63 Å². The molecule has 0 fully saturated rings. The molecule has 0 saturated heterocycles. The molecule has 0 atom stereocenters. The van der Waals surface area contributed by atoms with Gasteiger partial charge in [0.15, 0.2) is 5.78 Å². The van der Waals surface area contributed by atoms with Crippen LogP contribution in [0.1, 0.15) is 23.7 Å². The van der Waals surface area contributed by atoms with Crippen LogP contribution in [0.15, 0.2) is 33.5 Å². The van der Waals surface area contributed by atoms with E-state index in [1.807, 2.05) is 0 Å². The summed E-state index contributed by atoms with van der Waals surface area (Å²) >= 11 is 0. The topological polar surface area (TPSA) is 67.5 Å². The molecule has 0 aliphatic rings. The van der Waals surface area contributed by atoms with Gasteiger partial charge in [0.1, 0.15) is 16.9 Å². The maximum absolute atomic E-state index is 11.5. The van der Waals surface area contributed by atoms with Gasteiger partial charge in [-0.2, -0.15) is 0 Å². The van der Waals surface area contributed by atoms with Gasteiger partial charge in [0.2, 0.25) is 0 Å². The van der Waals surface area contributed by atoms with Crippen LogP contribution in [0.25, 0.3) is 11.0 Å². The summed E-state index contributed by atoms with van der Waals surface area (Å²) in [7, 11) is 0. The minimum Gasteiger partial charge on any atom is -0.506 e. The number of hydrogen-bond acceptors (Lipinski definition) is 4. The van der Waals surface area contributed by atoms with Crippen molar-refractivity contribution >= 4 is 16.8 Å². The van der Waals surface area contributed by atoms with Crippen LogP contribution in [0.5, 0.6) is 5.75 Å². The SMILES string of the molecule is CCC(=O)c1c(O)c2ccccc2oc1=O. The predicted molar refractivity (Wildman–Crippen MR) is 58.8 cm³/mol. The van der Waals surface area contributed by atoms with Gasteiger partial charge in [-0.15, -0.1) is 0 Å². The van der Waals surface area contributed by atoms with Crippen molar-refractivity contribution < 1.29 is 14.3 Å². The number of carbonyl (C=O) groups excluding carboxylic acids is 1. The Morgan fingerprint density at radius 2 is 2.06 bits per heavy atom. The fourth-order valence-electron chi connectivity index (χ4n) is 1.56. The van der Waals surface area contributed by atoms with Gasteiger partial charge in [-0.1, -0.05) is 19.1 Å². The Labute approximate surface area is 91.1 Å². The summed E-state index contributed by atoms with van der Waals surface area (Å²) in [5.74, 6) is -0.712. The maximum atomic E-state index is 11.5. The predicted octanol–water partition coefficient (Wildman–Crippen LogP) is 2.09. The number of rotatable bonds is 2. The van der Waals surface area contributed by atoms with E-state index in [-0.39, 0.29) is 23.3 Å². The van der Waals surface area contributed by atoms with Crippen molar-refractivity contribution in [1.29, 1.82) is 0 Å². The molecule has 1 aromatic heterocycles. The Kier molecular flexibility index (Phi) is 2.48. The number of ketones is 1. The Bertz CT molecular complexity index is 610. The maximum Gasteiger partial charge on any atom is 0.351 e. The third-order valence-corrected chi connectivity index (χ3v) is 2.39. The zero-order valence-electron chi connectivity index (χ0n) is 8.69. The lowest BCUT2D eigenvalue weighted by molar-refractivity contribution is 0.0982. The molecule has 0 saturated carbocycles. The quantitative estimate of drug-likeness (QED) is 0.619. The van der Waals surface area contributed by atoms with E-state index < -0.39 is 11.4 Å². The summed E-state index contributed by atoms with van der Waals surface area (Å²) in [6, 6.07) is 6.55. The van der Waals surface area contributed by atoms with Crippen LogP contribution in [-0.4, -0.2) is 10.9 Å². The molecular weight excluding hydrogens is 208 g/mol. The molecule has 2 aromatic rings. The van der Waals surface area contributed by atoms with Crippen LogP contribution in [0, 0.1) is 0 Å². The third kappa shape index (κ3) is 1.48. The number of para-hydroxylation sites is 1. The Morgan fingerprint density at radius 1 is 1.38 bits per heavy atom. The van der Waals surface area contributed by atoms with E-state index in [1.165, 1.54) is 0 Å². The van der Waals surface area contributed by atoms with Crippen molar-refractivity contribution in [1.82, 2.24) is 0 Å². The lowest BCUT2D eigenvalue weighted by atomic mass is 10.1. The first-order valence-electron chi connectivity index (χ1n) is 4.93. The molecule has 0 amide bonds. The highest BCUT2D eigenvalue weighted by atomic mass is 16.4. The van der Waals surface area contributed by atoms with E-state index in [0.717, 1.165) is 0 Å². The van der Waals surface area contributed by atoms with E-state index in [0.29, 0.717) is 5.39 Å². The summed E-state index contributed by atoms with van der Waals surface area (Å²) in [6.45, 7) is 1.62. The third-order valence-electron chi connectivity index (χ3n) is 2.39. The molecule has 1 aromatic carbocycles. The largest absolute Gasteiger partial charge is 0.506 e. The standard InChI is InChI=1S/C12H10O4/c1-2-8(13)10-11(14)7-5-3-4-6-9(7)16-12(10)15/h3-6,14H,2H2,1H3. The second-order valence-electron chi connectivity index (χ2n) is 3.39. The van der Waals surface area contributed by atoms with E-state index >= 15 is 0 Å². The number of carbonyl (C=O) groups is 1. The summed E-state index contributed by atoms with van der Waals surface area (Å²) < 4.78 is 4.96. The number of Topliss-reactive ketones (excluding diaryl/α,β-unsaturated/α-hetero) is 1. The molecule has 4 heteroatoms. The fourth-order valence-corrected chi connectivity index (χ4v) is 1.56. The minimum atomic E-state index is -0.789. The first-order chi connectivity index (χ1) is 7.65. The molecule has 0 aliphatic carbocycles. The lowest BCUT2D eigenvalue weighted by Gasteiger charge is -2.03. The van der Waals surface area contributed by atoms with E-state index in [4.69, 9.17) is 4.42 Å². The highest BCUT2D eigenvalue weighted by Crippen LogP contribution is 2.26. The molecule has 82 valence electrons. The van der Waals surface area contributed by atoms with E-state index in [9.17, 15) is 14.7 Å². The van der Waals surface area contributed by atoms with Crippen LogP contribution >= 0.6 is 0 Å². The van der Waals surface area contributed by atoms with Crippen molar-refractivity contribution in [3.8, 4) is 5.75 Å². The van der Waals surface area contributed by atoms with Gasteiger partial charge in [-0.05, 0) is 12.1 Å². The highest BCUT2D eigenvalue weighted by molar-refractivity contribution is 6.02. The molecule has 0 aliphatic heterocycles. The second kappa shape index (κ2) is 3.81. The molecule has 0 bridgehead atoms. The van der Waals surface area contributed by atoms with Crippen LogP contribution < -0.4 is 5.63 Å². The number of aromatic hydroxyl groups is 1. The number of hydrogen-bond donors (Lipinski definition) is 1. The Morgan fingerprint density at radius 3 is 2.75 bits per heavy atom. The van der Waals surface area contributed by atoms with Crippen molar-refractivity contribution in [2.45, 2.75) is 13.3 Å². The molecule has 1 N–H and O–H groups in total. The van der Waals surface area contributed by atoms with Crippen LogP contribution in [0.2, 0.25) is 0 Å². The number of fused-ring (bicyclic) bond motifs is 1. The van der Waals surface area contributed by atoms with Gasteiger partial charge in [0.05, 0.1) is 5.39 Å². The summed E-state index contributed by atoms with van der Waals surface area (Å²) in [6.07, 6.45) is 0.149. The van der Waals surface area contributed by atoms with E-state index in [1.54, 1.807) is 31.2 Å². The molecule has 4 nitrogen and oxygen atoms in total. The first kappa shape index (κ1) is 10.4. The Balaban J connectivity index is 2.86. The molecule has 2 rings (SSSR count). The molecule has 0 spiro atoms. The van der Waals surface area contributed by atoms with Crippen molar-refractivity contribution in [2.75, 3.05) is 0 Å². The van der Waals surface area contributed by atoms with Crippen molar-refractivity contribution in [3.63, 3.8) is 0 Å². The van der Waals surface area contributed by atoms with Crippen LogP contribution in [0.4, 0.5) is 0 Å². The molecule has 1 heterocycles. The average molecular weight is 218 g/mol. The highest BCUT2D eigenvalue weighted by Gasteiger charge is 2.18.